The standard InChI is InChI=1S/C26H20N6O3/c1-16-3-2-4-25(29-16)32-22(17-5-7-19-20(13-17)28-10-9-27-19)15-21(31-32)26(33)30-18-6-8-23-24(14-18)35-12-11-34-23/h2-10,13-15H,11-12H2,1H3,(H,30,33). The summed E-state index contributed by atoms with van der Waals surface area (Å²) in [4.78, 5) is 26.5. The normalized spacial score (nSPS) is 12.5. The number of ether oxygens (including phenoxy) is 2. The molecule has 9 nitrogen and oxygen atoms in total. The quantitative estimate of drug-likeness (QED) is 0.425. The third kappa shape index (κ3) is 4.04. The second-order valence-corrected chi connectivity index (χ2v) is 8.04. The first-order valence-corrected chi connectivity index (χ1v) is 11.1. The van der Waals surface area contributed by atoms with Crippen molar-refractivity contribution in [3.8, 4) is 28.6 Å². The van der Waals surface area contributed by atoms with Gasteiger partial charge < -0.3 is 14.8 Å². The molecule has 172 valence electrons. The van der Waals surface area contributed by atoms with E-state index in [2.05, 4.69) is 25.4 Å². The van der Waals surface area contributed by atoms with Crippen molar-refractivity contribution in [1.82, 2.24) is 24.7 Å². The number of amides is 1. The van der Waals surface area contributed by atoms with Crippen molar-refractivity contribution in [3.63, 3.8) is 0 Å². The molecule has 0 saturated heterocycles. The molecule has 0 atom stereocenters. The van der Waals surface area contributed by atoms with Crippen molar-refractivity contribution < 1.29 is 14.3 Å². The van der Waals surface area contributed by atoms with Crippen molar-refractivity contribution >= 4 is 22.6 Å². The summed E-state index contributed by atoms with van der Waals surface area (Å²) in [5.74, 6) is 1.51. The SMILES string of the molecule is Cc1cccc(-n2nc(C(=O)Nc3ccc4c(c3)OCCO4)cc2-c2ccc3nccnc3c2)n1. The third-order valence-corrected chi connectivity index (χ3v) is 5.60. The summed E-state index contributed by atoms with van der Waals surface area (Å²) in [5, 5.41) is 7.51. The summed E-state index contributed by atoms with van der Waals surface area (Å²) < 4.78 is 12.8. The Morgan fingerprint density at radius 3 is 2.60 bits per heavy atom. The minimum Gasteiger partial charge on any atom is -0.486 e. The maximum atomic E-state index is 13.2. The number of hydrogen-bond donors (Lipinski definition) is 1. The summed E-state index contributed by atoms with van der Waals surface area (Å²) in [5.41, 5.74) is 4.76. The maximum Gasteiger partial charge on any atom is 0.276 e. The molecule has 1 amide bonds. The van der Waals surface area contributed by atoms with E-state index in [0.717, 1.165) is 22.3 Å². The number of fused-ring (bicyclic) bond motifs is 2. The van der Waals surface area contributed by atoms with E-state index < -0.39 is 0 Å². The van der Waals surface area contributed by atoms with Gasteiger partial charge in [0.2, 0.25) is 0 Å². The van der Waals surface area contributed by atoms with E-state index >= 15 is 0 Å². The molecule has 0 saturated carbocycles. The number of aromatic nitrogens is 5. The Kier molecular flexibility index (Phi) is 5.07. The molecule has 35 heavy (non-hydrogen) atoms. The Labute approximate surface area is 200 Å². The first-order chi connectivity index (χ1) is 17.1. The second kappa shape index (κ2) is 8.53. The van der Waals surface area contributed by atoms with Crippen LogP contribution in [-0.4, -0.2) is 43.9 Å². The molecule has 2 aromatic carbocycles. The lowest BCUT2D eigenvalue weighted by molar-refractivity contribution is 0.102. The van der Waals surface area contributed by atoms with Gasteiger partial charge in [0.1, 0.15) is 13.2 Å². The molecule has 1 aliphatic heterocycles. The first kappa shape index (κ1) is 20.8. The van der Waals surface area contributed by atoms with Crippen LogP contribution in [0, 0.1) is 6.92 Å². The first-order valence-electron chi connectivity index (χ1n) is 11.1. The summed E-state index contributed by atoms with van der Waals surface area (Å²) in [6.07, 6.45) is 3.31. The van der Waals surface area contributed by atoms with Crippen molar-refractivity contribution in [2.45, 2.75) is 6.92 Å². The van der Waals surface area contributed by atoms with Crippen LogP contribution in [0.3, 0.4) is 0 Å². The molecule has 4 heterocycles. The molecule has 5 aromatic rings. The summed E-state index contributed by atoms with van der Waals surface area (Å²) in [6, 6.07) is 18.5. The van der Waals surface area contributed by atoms with Crippen LogP contribution in [0.25, 0.3) is 28.1 Å². The zero-order chi connectivity index (χ0) is 23.8. The van der Waals surface area contributed by atoms with Crippen LogP contribution >= 0.6 is 0 Å². The van der Waals surface area contributed by atoms with E-state index in [-0.39, 0.29) is 11.6 Å². The fourth-order valence-corrected chi connectivity index (χ4v) is 3.96. The van der Waals surface area contributed by atoms with Crippen LogP contribution in [0.1, 0.15) is 16.2 Å². The van der Waals surface area contributed by atoms with Gasteiger partial charge in [0.25, 0.3) is 5.91 Å². The van der Waals surface area contributed by atoms with Gasteiger partial charge in [-0.2, -0.15) is 5.10 Å². The molecule has 0 bridgehead atoms. The number of nitrogens with zero attached hydrogens (tertiary/aromatic N) is 5. The third-order valence-electron chi connectivity index (χ3n) is 5.60. The van der Waals surface area contributed by atoms with E-state index in [4.69, 9.17) is 9.47 Å². The van der Waals surface area contributed by atoms with Crippen LogP contribution < -0.4 is 14.8 Å². The van der Waals surface area contributed by atoms with Crippen molar-refractivity contribution in [2.24, 2.45) is 0 Å². The topological polar surface area (TPSA) is 104 Å². The Morgan fingerprint density at radius 2 is 1.74 bits per heavy atom. The molecule has 1 aliphatic rings. The molecule has 6 rings (SSSR count). The lowest BCUT2D eigenvalue weighted by Gasteiger charge is -2.18. The molecule has 0 radical (unpaired) electrons. The van der Waals surface area contributed by atoms with Crippen LogP contribution in [0.5, 0.6) is 11.5 Å². The lowest BCUT2D eigenvalue weighted by atomic mass is 10.1. The summed E-state index contributed by atoms with van der Waals surface area (Å²) in [7, 11) is 0. The number of hydrogen-bond acceptors (Lipinski definition) is 7. The number of rotatable bonds is 4. The molecule has 1 N–H and O–H groups in total. The van der Waals surface area contributed by atoms with Gasteiger partial charge >= 0.3 is 0 Å². The monoisotopic (exact) mass is 464 g/mol. The predicted octanol–water partition coefficient (Wildman–Crippen LogP) is 4.21. The van der Waals surface area contributed by atoms with Gasteiger partial charge in [-0.25, -0.2) is 9.67 Å². The van der Waals surface area contributed by atoms with Crippen LogP contribution in [0.15, 0.2) is 73.1 Å². The van der Waals surface area contributed by atoms with Crippen LogP contribution in [-0.2, 0) is 0 Å². The van der Waals surface area contributed by atoms with Crippen molar-refractivity contribution in [2.75, 3.05) is 18.5 Å². The Morgan fingerprint density at radius 1 is 0.914 bits per heavy atom. The van der Waals surface area contributed by atoms with Gasteiger partial charge in [-0.05, 0) is 49.4 Å². The van der Waals surface area contributed by atoms with Crippen LogP contribution in [0.4, 0.5) is 5.69 Å². The number of aryl methyl sites for hydroxylation is 1. The van der Waals surface area contributed by atoms with Gasteiger partial charge in [0.05, 0.1) is 16.7 Å². The number of carbonyl (C=O) groups excluding carboxylic acids is 1. The smallest absolute Gasteiger partial charge is 0.276 e. The highest BCUT2D eigenvalue weighted by Crippen LogP contribution is 2.33. The van der Waals surface area contributed by atoms with Gasteiger partial charge in [0.15, 0.2) is 23.0 Å². The van der Waals surface area contributed by atoms with Gasteiger partial charge in [0, 0.05) is 35.4 Å². The number of anilines is 1. The fourth-order valence-electron chi connectivity index (χ4n) is 3.96. The highest BCUT2D eigenvalue weighted by Gasteiger charge is 2.19. The van der Waals surface area contributed by atoms with E-state index in [9.17, 15) is 4.79 Å². The molecular formula is C26H20N6O3. The molecule has 9 heteroatoms. The Hall–Kier alpha value is -4.79. The minimum atomic E-state index is -0.352. The summed E-state index contributed by atoms with van der Waals surface area (Å²) >= 11 is 0. The van der Waals surface area contributed by atoms with Crippen LogP contribution in [0.2, 0.25) is 0 Å². The predicted molar refractivity (Wildman–Crippen MR) is 130 cm³/mol. The fraction of sp³-hybridized carbons (Fsp3) is 0.115. The maximum absolute atomic E-state index is 13.2. The Balaban J connectivity index is 1.40. The Bertz CT molecular complexity index is 1580. The van der Waals surface area contributed by atoms with Gasteiger partial charge in [-0.3, -0.25) is 14.8 Å². The van der Waals surface area contributed by atoms with Crippen molar-refractivity contribution in [1.29, 1.82) is 0 Å². The summed E-state index contributed by atoms with van der Waals surface area (Å²) in [6.45, 7) is 2.89. The van der Waals surface area contributed by atoms with Gasteiger partial charge in [-0.15, -0.1) is 0 Å². The molecule has 0 aliphatic carbocycles. The average Bonchev–Trinajstić information content (AvgIpc) is 3.34. The van der Waals surface area contributed by atoms with E-state index in [0.29, 0.717) is 41.9 Å². The van der Waals surface area contributed by atoms with E-state index in [1.165, 1.54) is 0 Å². The molecule has 0 spiro atoms. The highest BCUT2D eigenvalue weighted by atomic mass is 16.6. The molecule has 0 fully saturated rings. The number of benzene rings is 2. The van der Waals surface area contributed by atoms with Crippen molar-refractivity contribution in [3.05, 3.63) is 84.4 Å². The molecule has 0 unspecified atom stereocenters. The molecule has 3 aromatic heterocycles. The lowest BCUT2D eigenvalue weighted by Crippen LogP contribution is -2.16. The average molecular weight is 464 g/mol. The minimum absolute atomic E-state index is 0.248. The highest BCUT2D eigenvalue weighted by molar-refractivity contribution is 6.03. The number of nitrogens with one attached hydrogen (secondary N) is 1. The van der Waals surface area contributed by atoms with E-state index in [1.807, 2.05) is 43.3 Å². The zero-order valence-electron chi connectivity index (χ0n) is 18.8. The molecular weight excluding hydrogens is 444 g/mol. The zero-order valence-corrected chi connectivity index (χ0v) is 18.8. The van der Waals surface area contributed by atoms with E-state index in [1.54, 1.807) is 41.3 Å². The largest absolute Gasteiger partial charge is 0.486 e. The number of pyridine rings is 1. The number of carbonyl (C=O) groups is 1. The second-order valence-electron chi connectivity index (χ2n) is 8.04. The van der Waals surface area contributed by atoms with Gasteiger partial charge in [-0.1, -0.05) is 12.1 Å².